The number of amides is 2. The highest BCUT2D eigenvalue weighted by molar-refractivity contribution is 7.10. The average Bonchev–Trinajstić information content (AvgIpc) is 3.36. The average molecular weight is 486 g/mol. The molecule has 1 heterocycles. The van der Waals surface area contributed by atoms with E-state index in [2.05, 4.69) is 0 Å². The molecule has 2 amide bonds. The van der Waals surface area contributed by atoms with Crippen molar-refractivity contribution in [3.63, 3.8) is 0 Å². The summed E-state index contributed by atoms with van der Waals surface area (Å²) in [5.74, 6) is 0.559. The summed E-state index contributed by atoms with van der Waals surface area (Å²) in [4.78, 5) is 30.7. The molecule has 8 heteroatoms. The lowest BCUT2D eigenvalue weighted by molar-refractivity contribution is -0.134. The van der Waals surface area contributed by atoms with Gasteiger partial charge in [0.05, 0.1) is 0 Å². The third kappa shape index (κ3) is 5.93. The van der Waals surface area contributed by atoms with E-state index in [1.807, 2.05) is 67.8 Å². The molecule has 1 aromatic heterocycles. The minimum atomic E-state index is -0.831. The van der Waals surface area contributed by atoms with E-state index < -0.39 is 6.04 Å². The molecule has 0 radical (unpaired) electrons. The van der Waals surface area contributed by atoms with Gasteiger partial charge in [0.1, 0.15) is 23.4 Å². The van der Waals surface area contributed by atoms with E-state index >= 15 is 0 Å². The van der Waals surface area contributed by atoms with Crippen LogP contribution in [0.4, 0.5) is 5.69 Å². The first-order valence-electron chi connectivity index (χ1n) is 10.7. The zero-order valence-electron chi connectivity index (χ0n) is 18.7. The van der Waals surface area contributed by atoms with Gasteiger partial charge in [-0.05, 0) is 61.2 Å². The van der Waals surface area contributed by atoms with Gasteiger partial charge in [-0.2, -0.15) is 0 Å². The molecule has 0 aliphatic heterocycles. The monoisotopic (exact) mass is 485 g/mol. The molecule has 174 valence electrons. The van der Waals surface area contributed by atoms with Crippen molar-refractivity contribution in [1.82, 2.24) is 4.90 Å². The van der Waals surface area contributed by atoms with Crippen LogP contribution in [-0.4, -0.2) is 42.2 Å². The third-order valence-electron chi connectivity index (χ3n) is 5.19. The third-order valence-corrected chi connectivity index (χ3v) is 6.34. The van der Waals surface area contributed by atoms with Crippen molar-refractivity contribution < 1.29 is 14.3 Å². The van der Waals surface area contributed by atoms with Crippen LogP contribution in [0.1, 0.15) is 23.4 Å². The number of alkyl halides is 1. The molecule has 0 aliphatic carbocycles. The number of thiophene rings is 1. The molecule has 1 atom stereocenters. The Balaban J connectivity index is 2.03. The normalized spacial score (nSPS) is 11.6. The van der Waals surface area contributed by atoms with E-state index in [1.165, 1.54) is 16.2 Å². The Hall–Kier alpha value is -2.87. The van der Waals surface area contributed by atoms with Gasteiger partial charge in [0.15, 0.2) is 0 Å². The van der Waals surface area contributed by atoms with Gasteiger partial charge in [0.25, 0.3) is 5.91 Å². The molecule has 3 aromatic rings. The number of carbonyl (C=O) groups is 2. The van der Waals surface area contributed by atoms with Gasteiger partial charge >= 0.3 is 0 Å². The molecule has 1 unspecified atom stereocenters. The van der Waals surface area contributed by atoms with E-state index in [0.717, 1.165) is 10.4 Å². The summed E-state index contributed by atoms with van der Waals surface area (Å²) in [7, 11) is 0. The SMILES string of the molecule is CCN(CCN)C(=O)C(c1cccs1)N(C(=O)CCl)c1ccc(Oc2ccccc2)cc1C. The minimum Gasteiger partial charge on any atom is -0.457 e. The number of nitrogens with two attached hydrogens (primary N) is 1. The lowest BCUT2D eigenvalue weighted by Crippen LogP contribution is -2.47. The first-order valence-corrected chi connectivity index (χ1v) is 12.1. The standard InChI is InChI=1S/C25H28ClN3O3S/c1-3-28(14-13-27)25(31)24(22-10-7-15-33-22)29(23(30)17-26)21-12-11-20(16-18(21)2)32-19-8-5-4-6-9-19/h4-12,15-16,24H,3,13-14,17,27H2,1-2H3. The number of likely N-dealkylation sites (N-methyl/N-ethyl adjacent to an activating group) is 1. The van der Waals surface area contributed by atoms with E-state index in [4.69, 9.17) is 22.1 Å². The molecule has 0 saturated carbocycles. The number of halogens is 1. The number of rotatable bonds is 10. The summed E-state index contributed by atoms with van der Waals surface area (Å²) < 4.78 is 5.93. The Morgan fingerprint density at radius 3 is 2.42 bits per heavy atom. The number of carbonyl (C=O) groups excluding carboxylic acids is 2. The fourth-order valence-corrected chi connectivity index (χ4v) is 4.56. The topological polar surface area (TPSA) is 75.9 Å². The molecule has 3 rings (SSSR count). The fraction of sp³-hybridized carbons (Fsp3) is 0.280. The van der Waals surface area contributed by atoms with Crippen LogP contribution in [0.5, 0.6) is 11.5 Å². The van der Waals surface area contributed by atoms with Crippen LogP contribution in [0.3, 0.4) is 0 Å². The predicted molar refractivity (Wildman–Crippen MR) is 134 cm³/mol. The highest BCUT2D eigenvalue weighted by atomic mass is 35.5. The van der Waals surface area contributed by atoms with Crippen molar-refractivity contribution >= 4 is 40.4 Å². The second kappa shape index (κ2) is 11.8. The van der Waals surface area contributed by atoms with Crippen LogP contribution in [-0.2, 0) is 9.59 Å². The van der Waals surface area contributed by atoms with Crippen LogP contribution in [0.15, 0.2) is 66.0 Å². The molecule has 6 nitrogen and oxygen atoms in total. The van der Waals surface area contributed by atoms with Crippen molar-refractivity contribution in [3.8, 4) is 11.5 Å². The number of aryl methyl sites for hydroxylation is 1. The second-order valence-corrected chi connectivity index (χ2v) is 8.63. The molecule has 0 bridgehead atoms. The van der Waals surface area contributed by atoms with Crippen molar-refractivity contribution in [2.45, 2.75) is 19.9 Å². The number of benzene rings is 2. The number of nitrogens with zero attached hydrogens (tertiary/aromatic N) is 2. The van der Waals surface area contributed by atoms with Crippen LogP contribution >= 0.6 is 22.9 Å². The van der Waals surface area contributed by atoms with Crippen LogP contribution in [0.2, 0.25) is 0 Å². The Kier molecular flexibility index (Phi) is 8.88. The van der Waals surface area contributed by atoms with Crippen LogP contribution in [0.25, 0.3) is 0 Å². The smallest absolute Gasteiger partial charge is 0.251 e. The first-order chi connectivity index (χ1) is 16.0. The summed E-state index contributed by atoms with van der Waals surface area (Å²) in [6.07, 6.45) is 0. The maximum Gasteiger partial charge on any atom is 0.251 e. The molecule has 0 saturated heterocycles. The van der Waals surface area contributed by atoms with Crippen LogP contribution in [0, 0.1) is 6.92 Å². The van der Waals surface area contributed by atoms with Crippen molar-refractivity contribution in [2.75, 3.05) is 30.4 Å². The van der Waals surface area contributed by atoms with Crippen molar-refractivity contribution in [2.24, 2.45) is 5.73 Å². The van der Waals surface area contributed by atoms with E-state index in [1.54, 1.807) is 17.0 Å². The Morgan fingerprint density at radius 2 is 1.85 bits per heavy atom. The van der Waals surface area contributed by atoms with Gasteiger partial charge in [-0.15, -0.1) is 22.9 Å². The van der Waals surface area contributed by atoms with Gasteiger partial charge in [-0.1, -0.05) is 24.3 Å². The summed E-state index contributed by atoms with van der Waals surface area (Å²) >= 11 is 7.44. The largest absolute Gasteiger partial charge is 0.457 e. The number of anilines is 1. The zero-order chi connectivity index (χ0) is 23.8. The number of hydrogen-bond acceptors (Lipinski definition) is 5. The van der Waals surface area contributed by atoms with Crippen molar-refractivity contribution in [3.05, 3.63) is 76.5 Å². The number of hydrogen-bond donors (Lipinski definition) is 1. The van der Waals surface area contributed by atoms with E-state index in [9.17, 15) is 9.59 Å². The van der Waals surface area contributed by atoms with E-state index in [0.29, 0.717) is 36.8 Å². The number of para-hydroxylation sites is 1. The summed E-state index contributed by atoms with van der Waals surface area (Å²) in [5, 5.41) is 1.89. The molecule has 2 aromatic carbocycles. The van der Waals surface area contributed by atoms with Crippen molar-refractivity contribution in [1.29, 1.82) is 0 Å². The Labute approximate surface area is 203 Å². The van der Waals surface area contributed by atoms with Gasteiger partial charge in [-0.3, -0.25) is 14.5 Å². The second-order valence-electron chi connectivity index (χ2n) is 7.39. The molecule has 0 fully saturated rings. The number of ether oxygens (including phenoxy) is 1. The zero-order valence-corrected chi connectivity index (χ0v) is 20.3. The lowest BCUT2D eigenvalue weighted by Gasteiger charge is -2.34. The van der Waals surface area contributed by atoms with Crippen LogP contribution < -0.4 is 15.4 Å². The minimum absolute atomic E-state index is 0.187. The lowest BCUT2D eigenvalue weighted by atomic mass is 10.1. The molecule has 2 N–H and O–H groups in total. The quantitative estimate of drug-likeness (QED) is 0.411. The summed E-state index contributed by atoms with van der Waals surface area (Å²) in [5.41, 5.74) is 7.13. The highest BCUT2D eigenvalue weighted by Gasteiger charge is 2.36. The fourth-order valence-electron chi connectivity index (χ4n) is 3.63. The molecular formula is C25H28ClN3O3S. The molecule has 33 heavy (non-hydrogen) atoms. The van der Waals surface area contributed by atoms with Gasteiger partial charge in [-0.25, -0.2) is 0 Å². The van der Waals surface area contributed by atoms with Gasteiger partial charge in [0, 0.05) is 30.2 Å². The van der Waals surface area contributed by atoms with Gasteiger partial charge < -0.3 is 15.4 Å². The first kappa shape index (κ1) is 24.8. The highest BCUT2D eigenvalue weighted by Crippen LogP contribution is 2.36. The summed E-state index contributed by atoms with van der Waals surface area (Å²) in [6.45, 7) is 5.01. The maximum absolute atomic E-state index is 13.6. The van der Waals surface area contributed by atoms with Gasteiger partial charge in [0.2, 0.25) is 5.91 Å². The predicted octanol–water partition coefficient (Wildman–Crippen LogP) is 4.97. The summed E-state index contributed by atoms with van der Waals surface area (Å²) in [6, 6.07) is 17.8. The van der Waals surface area contributed by atoms with E-state index in [-0.39, 0.29) is 17.7 Å². The Bertz CT molecular complexity index is 1060. The molecular weight excluding hydrogens is 458 g/mol. The maximum atomic E-state index is 13.6. The molecule has 0 aliphatic rings. The Morgan fingerprint density at radius 1 is 1.09 bits per heavy atom. The molecule has 0 spiro atoms.